The summed E-state index contributed by atoms with van der Waals surface area (Å²) in [4.78, 5) is 10.7. The van der Waals surface area contributed by atoms with Crippen LogP contribution in [0, 0.1) is 0 Å². The first-order chi connectivity index (χ1) is 9.19. The van der Waals surface area contributed by atoms with Crippen LogP contribution in [0.25, 0.3) is 0 Å². The van der Waals surface area contributed by atoms with E-state index in [0.717, 1.165) is 0 Å². The Hall–Kier alpha value is -1.75. The standard InChI is InChI=1S/C10H12O5.2C2H6/c1-14-9-6-7(10(12)13)2-3-8(9)15-5-4-11;2*1-2/h2-3,6,11H,4-5H2,1H3,(H,12,13);2*1-2H3. The van der Waals surface area contributed by atoms with E-state index in [4.69, 9.17) is 19.7 Å². The van der Waals surface area contributed by atoms with Crippen LogP contribution < -0.4 is 9.47 Å². The zero-order valence-corrected chi connectivity index (χ0v) is 12.3. The number of methoxy groups -OCH3 is 1. The molecular formula is C14H24O5. The molecule has 1 rings (SSSR count). The maximum Gasteiger partial charge on any atom is 0.335 e. The molecule has 0 aliphatic heterocycles. The van der Waals surface area contributed by atoms with E-state index in [1.165, 1.54) is 25.3 Å². The highest BCUT2D eigenvalue weighted by molar-refractivity contribution is 5.88. The van der Waals surface area contributed by atoms with E-state index in [0.29, 0.717) is 11.5 Å². The van der Waals surface area contributed by atoms with E-state index in [-0.39, 0.29) is 18.8 Å². The quantitative estimate of drug-likeness (QED) is 0.862. The number of hydrogen-bond donors (Lipinski definition) is 2. The van der Waals surface area contributed by atoms with Crippen LogP contribution in [0.1, 0.15) is 38.1 Å². The molecule has 0 fully saturated rings. The van der Waals surface area contributed by atoms with E-state index in [2.05, 4.69) is 0 Å². The van der Waals surface area contributed by atoms with E-state index >= 15 is 0 Å². The molecular weight excluding hydrogens is 248 g/mol. The monoisotopic (exact) mass is 272 g/mol. The van der Waals surface area contributed by atoms with Crippen LogP contribution in [0.15, 0.2) is 18.2 Å². The maximum atomic E-state index is 10.7. The minimum absolute atomic E-state index is 0.107. The zero-order valence-electron chi connectivity index (χ0n) is 12.3. The molecule has 0 bridgehead atoms. The van der Waals surface area contributed by atoms with E-state index in [9.17, 15) is 4.79 Å². The summed E-state index contributed by atoms with van der Waals surface area (Å²) in [5.41, 5.74) is 0.128. The summed E-state index contributed by atoms with van der Waals surface area (Å²) >= 11 is 0. The van der Waals surface area contributed by atoms with E-state index < -0.39 is 5.97 Å². The summed E-state index contributed by atoms with van der Waals surface area (Å²) < 4.78 is 10.1. The highest BCUT2D eigenvalue weighted by Crippen LogP contribution is 2.27. The Bertz CT molecular complexity index is 350. The number of hydrogen-bond acceptors (Lipinski definition) is 4. The van der Waals surface area contributed by atoms with Crippen LogP contribution in [0.5, 0.6) is 11.5 Å². The third-order valence-corrected chi connectivity index (χ3v) is 1.76. The first kappa shape index (κ1) is 19.6. The van der Waals surface area contributed by atoms with Gasteiger partial charge in [-0.05, 0) is 18.2 Å². The summed E-state index contributed by atoms with van der Waals surface area (Å²) in [6, 6.07) is 4.28. The van der Waals surface area contributed by atoms with Gasteiger partial charge in [-0.25, -0.2) is 4.79 Å². The molecule has 19 heavy (non-hydrogen) atoms. The van der Waals surface area contributed by atoms with Crippen molar-refractivity contribution in [2.24, 2.45) is 0 Å². The smallest absolute Gasteiger partial charge is 0.335 e. The van der Waals surface area contributed by atoms with Gasteiger partial charge in [0, 0.05) is 0 Å². The Labute approximate surface area is 114 Å². The summed E-state index contributed by atoms with van der Waals surface area (Å²) in [5, 5.41) is 17.3. The van der Waals surface area contributed by atoms with Gasteiger partial charge in [0.25, 0.3) is 0 Å². The summed E-state index contributed by atoms with van der Waals surface area (Å²) in [7, 11) is 1.42. The van der Waals surface area contributed by atoms with Crippen molar-refractivity contribution in [3.05, 3.63) is 23.8 Å². The Morgan fingerprint density at radius 2 is 1.74 bits per heavy atom. The second kappa shape index (κ2) is 12.7. The minimum atomic E-state index is -1.03. The van der Waals surface area contributed by atoms with Crippen LogP contribution in [0.4, 0.5) is 0 Å². The zero-order chi connectivity index (χ0) is 15.3. The van der Waals surface area contributed by atoms with Gasteiger partial charge in [-0.15, -0.1) is 0 Å². The maximum absolute atomic E-state index is 10.7. The Kier molecular flexibility index (Phi) is 13.1. The molecule has 0 atom stereocenters. The molecule has 5 nitrogen and oxygen atoms in total. The molecule has 5 heteroatoms. The number of aromatic carboxylic acids is 1. The van der Waals surface area contributed by atoms with Crippen molar-refractivity contribution in [1.29, 1.82) is 0 Å². The van der Waals surface area contributed by atoms with Gasteiger partial charge in [0.05, 0.1) is 19.3 Å². The fourth-order valence-electron chi connectivity index (χ4n) is 1.08. The predicted octanol–water partition coefficient (Wildman–Crippen LogP) is 2.82. The first-order valence-corrected chi connectivity index (χ1v) is 6.34. The van der Waals surface area contributed by atoms with E-state index in [1.54, 1.807) is 0 Å². The van der Waals surface area contributed by atoms with Gasteiger partial charge < -0.3 is 19.7 Å². The predicted molar refractivity (Wildman–Crippen MR) is 75.2 cm³/mol. The van der Waals surface area contributed by atoms with Crippen molar-refractivity contribution >= 4 is 5.97 Å². The third kappa shape index (κ3) is 7.31. The van der Waals surface area contributed by atoms with Gasteiger partial charge >= 0.3 is 5.97 Å². The molecule has 0 aromatic heterocycles. The van der Waals surface area contributed by atoms with Gasteiger partial charge in [-0.3, -0.25) is 0 Å². The molecule has 0 spiro atoms. The van der Waals surface area contributed by atoms with Gasteiger partial charge in [0.15, 0.2) is 11.5 Å². The Morgan fingerprint density at radius 1 is 1.16 bits per heavy atom. The lowest BCUT2D eigenvalue weighted by Gasteiger charge is -2.09. The lowest BCUT2D eigenvalue weighted by molar-refractivity contribution is 0.0696. The molecule has 0 heterocycles. The van der Waals surface area contributed by atoms with Gasteiger partial charge in [-0.2, -0.15) is 0 Å². The topological polar surface area (TPSA) is 76.0 Å². The summed E-state index contributed by atoms with van der Waals surface area (Å²) in [6.45, 7) is 8.03. The van der Waals surface area contributed by atoms with Crippen LogP contribution in [-0.4, -0.2) is 36.5 Å². The molecule has 0 aliphatic carbocycles. The normalized spacial score (nSPS) is 8.32. The molecule has 1 aromatic rings. The Morgan fingerprint density at radius 3 is 2.16 bits per heavy atom. The molecule has 0 saturated heterocycles. The largest absolute Gasteiger partial charge is 0.493 e. The molecule has 2 N–H and O–H groups in total. The highest BCUT2D eigenvalue weighted by Gasteiger charge is 2.09. The van der Waals surface area contributed by atoms with Crippen LogP contribution in [0.3, 0.4) is 0 Å². The first-order valence-electron chi connectivity index (χ1n) is 6.34. The number of ether oxygens (including phenoxy) is 2. The molecule has 0 aliphatic rings. The second-order valence-corrected chi connectivity index (χ2v) is 2.74. The summed E-state index contributed by atoms with van der Waals surface area (Å²) in [6.07, 6.45) is 0. The number of benzene rings is 1. The fraction of sp³-hybridized carbons (Fsp3) is 0.500. The second-order valence-electron chi connectivity index (χ2n) is 2.74. The molecule has 0 amide bonds. The number of carboxylic acid groups (broad SMARTS) is 1. The Balaban J connectivity index is 0. The fourth-order valence-corrected chi connectivity index (χ4v) is 1.08. The minimum Gasteiger partial charge on any atom is -0.493 e. The van der Waals surface area contributed by atoms with Crippen molar-refractivity contribution < 1.29 is 24.5 Å². The highest BCUT2D eigenvalue weighted by atomic mass is 16.5. The lowest BCUT2D eigenvalue weighted by atomic mass is 10.2. The van der Waals surface area contributed by atoms with Crippen LogP contribution in [0.2, 0.25) is 0 Å². The number of carbonyl (C=O) groups is 1. The average Bonchev–Trinajstić information content (AvgIpc) is 2.48. The SMILES string of the molecule is CC.CC.COc1cc(C(=O)O)ccc1OCCO. The number of rotatable bonds is 5. The van der Waals surface area contributed by atoms with E-state index in [1.807, 2.05) is 27.7 Å². The van der Waals surface area contributed by atoms with Gasteiger partial charge in [0.1, 0.15) is 6.61 Å². The van der Waals surface area contributed by atoms with Crippen LogP contribution >= 0.6 is 0 Å². The average molecular weight is 272 g/mol. The van der Waals surface area contributed by atoms with Crippen molar-refractivity contribution in [3.8, 4) is 11.5 Å². The molecule has 110 valence electrons. The molecule has 1 aromatic carbocycles. The molecule has 0 saturated carbocycles. The van der Waals surface area contributed by atoms with Gasteiger partial charge in [-0.1, -0.05) is 27.7 Å². The van der Waals surface area contributed by atoms with Crippen molar-refractivity contribution in [2.75, 3.05) is 20.3 Å². The van der Waals surface area contributed by atoms with Crippen molar-refractivity contribution in [1.82, 2.24) is 0 Å². The van der Waals surface area contributed by atoms with Gasteiger partial charge in [0.2, 0.25) is 0 Å². The third-order valence-electron chi connectivity index (χ3n) is 1.76. The lowest BCUT2D eigenvalue weighted by Crippen LogP contribution is -2.04. The van der Waals surface area contributed by atoms with Crippen LogP contribution in [-0.2, 0) is 0 Å². The van der Waals surface area contributed by atoms with Crippen molar-refractivity contribution in [2.45, 2.75) is 27.7 Å². The molecule has 0 radical (unpaired) electrons. The number of carboxylic acids is 1. The van der Waals surface area contributed by atoms with Crippen molar-refractivity contribution in [3.63, 3.8) is 0 Å². The number of aliphatic hydroxyl groups excluding tert-OH is 1. The number of aliphatic hydroxyl groups is 1. The summed E-state index contributed by atoms with van der Waals surface area (Å²) in [5.74, 6) is -0.276. The molecule has 0 unspecified atom stereocenters.